The minimum absolute atomic E-state index is 0.0108. The average molecular weight is 264 g/mol. The number of benzene rings is 1. The molecule has 1 aromatic rings. The van der Waals surface area contributed by atoms with Crippen LogP contribution in [0.4, 0.5) is 0 Å². The number of carboxylic acid groups (broad SMARTS) is 1. The highest BCUT2D eigenvalue weighted by molar-refractivity contribution is 5.79. The molecule has 19 heavy (non-hydrogen) atoms. The number of amides is 1. The van der Waals surface area contributed by atoms with Crippen molar-refractivity contribution in [3.8, 4) is 0 Å². The Kier molecular flexibility index (Phi) is 6.02. The van der Waals surface area contributed by atoms with Gasteiger partial charge in [0.2, 0.25) is 5.91 Å². The first kappa shape index (κ1) is 15.2. The largest absolute Gasteiger partial charge is 0.481 e. The minimum Gasteiger partial charge on any atom is -0.481 e. The molecule has 0 radical (unpaired) electrons. The molecule has 5 nitrogen and oxygen atoms in total. The van der Waals surface area contributed by atoms with Crippen molar-refractivity contribution < 1.29 is 14.7 Å². The van der Waals surface area contributed by atoms with Crippen LogP contribution in [0.15, 0.2) is 30.3 Å². The molecular formula is C14H20N2O3. The van der Waals surface area contributed by atoms with Crippen LogP contribution in [-0.2, 0) is 9.59 Å². The molecule has 0 aromatic heterocycles. The maximum Gasteiger partial charge on any atom is 0.303 e. The van der Waals surface area contributed by atoms with E-state index in [-0.39, 0.29) is 30.8 Å². The highest BCUT2D eigenvalue weighted by Crippen LogP contribution is 2.18. The predicted octanol–water partition coefficient (Wildman–Crippen LogP) is 1.30. The topological polar surface area (TPSA) is 92.4 Å². The van der Waals surface area contributed by atoms with E-state index in [2.05, 4.69) is 5.32 Å². The molecule has 104 valence electrons. The Morgan fingerprint density at radius 2 is 1.95 bits per heavy atom. The third-order valence-corrected chi connectivity index (χ3v) is 2.97. The number of carbonyl (C=O) groups excluding carboxylic acids is 1. The number of carbonyl (C=O) groups is 2. The SMILES string of the molecule is CC(CN)C(=O)NC(CCC(=O)O)c1ccccc1. The van der Waals surface area contributed by atoms with Gasteiger partial charge in [0.05, 0.1) is 6.04 Å². The molecule has 2 unspecified atom stereocenters. The maximum atomic E-state index is 11.9. The van der Waals surface area contributed by atoms with Crippen LogP contribution in [0.1, 0.15) is 31.4 Å². The summed E-state index contributed by atoms with van der Waals surface area (Å²) < 4.78 is 0. The second-order valence-electron chi connectivity index (χ2n) is 4.54. The number of aliphatic carboxylic acids is 1. The van der Waals surface area contributed by atoms with Gasteiger partial charge in [0.25, 0.3) is 0 Å². The zero-order valence-corrected chi connectivity index (χ0v) is 11.0. The van der Waals surface area contributed by atoms with Crippen molar-refractivity contribution in [1.29, 1.82) is 0 Å². The normalized spacial score (nSPS) is 13.6. The Labute approximate surface area is 112 Å². The maximum absolute atomic E-state index is 11.9. The predicted molar refractivity (Wildman–Crippen MR) is 72.4 cm³/mol. The molecule has 1 rings (SSSR count). The third kappa shape index (κ3) is 5.09. The molecule has 2 atom stereocenters. The van der Waals surface area contributed by atoms with E-state index in [1.165, 1.54) is 0 Å². The van der Waals surface area contributed by atoms with E-state index in [1.54, 1.807) is 6.92 Å². The second-order valence-corrected chi connectivity index (χ2v) is 4.54. The molecular weight excluding hydrogens is 244 g/mol. The van der Waals surface area contributed by atoms with Gasteiger partial charge in [-0.3, -0.25) is 9.59 Å². The van der Waals surface area contributed by atoms with Crippen molar-refractivity contribution in [1.82, 2.24) is 5.32 Å². The smallest absolute Gasteiger partial charge is 0.303 e. The van der Waals surface area contributed by atoms with Crippen molar-refractivity contribution in [3.05, 3.63) is 35.9 Å². The van der Waals surface area contributed by atoms with E-state index in [4.69, 9.17) is 10.8 Å². The minimum atomic E-state index is -0.873. The fraction of sp³-hybridized carbons (Fsp3) is 0.429. The van der Waals surface area contributed by atoms with Gasteiger partial charge < -0.3 is 16.2 Å². The molecule has 0 saturated heterocycles. The Bertz CT molecular complexity index is 420. The summed E-state index contributed by atoms with van der Waals surface area (Å²) >= 11 is 0. The Balaban J connectivity index is 2.75. The molecule has 4 N–H and O–H groups in total. The number of nitrogens with one attached hydrogen (secondary N) is 1. The molecule has 0 aliphatic heterocycles. The van der Waals surface area contributed by atoms with Gasteiger partial charge in [0.1, 0.15) is 0 Å². The van der Waals surface area contributed by atoms with Crippen LogP contribution in [0.5, 0.6) is 0 Å². The van der Waals surface area contributed by atoms with Crippen molar-refractivity contribution in [2.24, 2.45) is 11.7 Å². The van der Waals surface area contributed by atoms with Gasteiger partial charge in [0, 0.05) is 18.9 Å². The van der Waals surface area contributed by atoms with Crippen molar-refractivity contribution in [3.63, 3.8) is 0 Å². The van der Waals surface area contributed by atoms with E-state index in [0.717, 1.165) is 5.56 Å². The van der Waals surface area contributed by atoms with Gasteiger partial charge in [-0.25, -0.2) is 0 Å². The lowest BCUT2D eigenvalue weighted by Gasteiger charge is -2.20. The molecule has 1 aromatic carbocycles. The van der Waals surface area contributed by atoms with Crippen LogP contribution in [0.25, 0.3) is 0 Å². The quantitative estimate of drug-likeness (QED) is 0.692. The van der Waals surface area contributed by atoms with Crippen molar-refractivity contribution >= 4 is 11.9 Å². The van der Waals surface area contributed by atoms with Crippen LogP contribution in [-0.4, -0.2) is 23.5 Å². The summed E-state index contributed by atoms with van der Waals surface area (Å²) in [5.41, 5.74) is 6.36. The fourth-order valence-electron chi connectivity index (χ4n) is 1.70. The van der Waals surface area contributed by atoms with Gasteiger partial charge >= 0.3 is 5.97 Å². The van der Waals surface area contributed by atoms with Gasteiger partial charge in [-0.15, -0.1) is 0 Å². The van der Waals surface area contributed by atoms with Crippen LogP contribution in [0.3, 0.4) is 0 Å². The Morgan fingerprint density at radius 1 is 1.32 bits per heavy atom. The lowest BCUT2D eigenvalue weighted by Crippen LogP contribution is -2.36. The Hall–Kier alpha value is -1.88. The number of nitrogens with two attached hydrogens (primary N) is 1. The Morgan fingerprint density at radius 3 is 2.47 bits per heavy atom. The van der Waals surface area contributed by atoms with E-state index in [9.17, 15) is 9.59 Å². The van der Waals surface area contributed by atoms with Crippen LogP contribution >= 0.6 is 0 Å². The second kappa shape index (κ2) is 7.53. The summed E-state index contributed by atoms with van der Waals surface area (Å²) in [6.45, 7) is 2.01. The summed E-state index contributed by atoms with van der Waals surface area (Å²) in [6.07, 6.45) is 0.374. The molecule has 0 aliphatic rings. The molecule has 5 heteroatoms. The van der Waals surface area contributed by atoms with E-state index < -0.39 is 5.97 Å². The first-order chi connectivity index (χ1) is 9.04. The molecule has 0 heterocycles. The monoisotopic (exact) mass is 264 g/mol. The highest BCUT2D eigenvalue weighted by Gasteiger charge is 2.18. The number of carboxylic acids is 1. The molecule has 1 amide bonds. The highest BCUT2D eigenvalue weighted by atomic mass is 16.4. The van der Waals surface area contributed by atoms with E-state index in [1.807, 2.05) is 30.3 Å². The van der Waals surface area contributed by atoms with E-state index >= 15 is 0 Å². The first-order valence-corrected chi connectivity index (χ1v) is 6.31. The van der Waals surface area contributed by atoms with Gasteiger partial charge in [-0.1, -0.05) is 37.3 Å². The summed E-state index contributed by atoms with van der Waals surface area (Å²) in [4.78, 5) is 22.5. The van der Waals surface area contributed by atoms with Crippen LogP contribution in [0, 0.1) is 5.92 Å². The van der Waals surface area contributed by atoms with Crippen LogP contribution in [0.2, 0.25) is 0 Å². The summed E-state index contributed by atoms with van der Waals surface area (Å²) in [6, 6.07) is 9.06. The summed E-state index contributed by atoms with van der Waals surface area (Å²) in [5.74, 6) is -1.31. The summed E-state index contributed by atoms with van der Waals surface area (Å²) in [7, 11) is 0. The lowest BCUT2D eigenvalue weighted by molar-refractivity contribution is -0.137. The van der Waals surface area contributed by atoms with Gasteiger partial charge in [-0.05, 0) is 12.0 Å². The fourth-order valence-corrected chi connectivity index (χ4v) is 1.70. The number of hydrogen-bond donors (Lipinski definition) is 3. The van der Waals surface area contributed by atoms with E-state index in [0.29, 0.717) is 6.42 Å². The number of hydrogen-bond acceptors (Lipinski definition) is 3. The standard InChI is InChI=1S/C14H20N2O3/c1-10(9-15)14(19)16-12(7-8-13(17)18)11-5-3-2-4-6-11/h2-6,10,12H,7-9,15H2,1H3,(H,16,19)(H,17,18). The van der Waals surface area contributed by atoms with Crippen molar-refractivity contribution in [2.75, 3.05) is 6.54 Å². The van der Waals surface area contributed by atoms with Crippen molar-refractivity contribution in [2.45, 2.75) is 25.8 Å². The lowest BCUT2D eigenvalue weighted by atomic mass is 10.0. The number of rotatable bonds is 7. The van der Waals surface area contributed by atoms with Gasteiger partial charge in [-0.2, -0.15) is 0 Å². The van der Waals surface area contributed by atoms with Crippen LogP contribution < -0.4 is 11.1 Å². The zero-order chi connectivity index (χ0) is 14.3. The first-order valence-electron chi connectivity index (χ1n) is 6.31. The molecule has 0 saturated carbocycles. The molecule has 0 aliphatic carbocycles. The molecule has 0 spiro atoms. The molecule has 0 bridgehead atoms. The molecule has 0 fully saturated rings. The zero-order valence-electron chi connectivity index (χ0n) is 11.0. The average Bonchev–Trinajstić information content (AvgIpc) is 2.42. The van der Waals surface area contributed by atoms with Gasteiger partial charge in [0.15, 0.2) is 0 Å². The summed E-state index contributed by atoms with van der Waals surface area (Å²) in [5, 5.41) is 11.6. The third-order valence-electron chi connectivity index (χ3n) is 2.97.